The van der Waals surface area contributed by atoms with Gasteiger partial charge in [-0.2, -0.15) is 5.26 Å². The van der Waals surface area contributed by atoms with Crippen LogP contribution in [-0.2, 0) is 9.59 Å². The van der Waals surface area contributed by atoms with Crippen molar-refractivity contribution in [1.82, 2.24) is 0 Å². The molecule has 4 N–H and O–H groups in total. The highest BCUT2D eigenvalue weighted by Gasteiger charge is 2.17. The number of aryl methyl sites for hydroxylation is 1. The zero-order chi connectivity index (χ0) is 13.7. The van der Waals surface area contributed by atoms with E-state index in [-0.39, 0.29) is 13.1 Å². The quantitative estimate of drug-likeness (QED) is 0.738. The maximum atomic E-state index is 11.0. The van der Waals surface area contributed by atoms with Gasteiger partial charge in [-0.1, -0.05) is 12.1 Å². The fraction of sp³-hybridized carbons (Fsp3) is 0.250. The third-order valence-corrected chi connectivity index (χ3v) is 2.37. The van der Waals surface area contributed by atoms with Crippen molar-refractivity contribution in [3.63, 3.8) is 0 Å². The number of amides is 2. The maximum absolute atomic E-state index is 11.0. The van der Waals surface area contributed by atoms with Crippen LogP contribution in [0.25, 0.3) is 0 Å². The van der Waals surface area contributed by atoms with Crippen LogP contribution in [0.1, 0.15) is 11.1 Å². The Balaban J connectivity index is 3.23. The zero-order valence-electron chi connectivity index (χ0n) is 10.0. The van der Waals surface area contributed by atoms with Gasteiger partial charge in [0.05, 0.1) is 24.3 Å². The third-order valence-electron chi connectivity index (χ3n) is 2.37. The van der Waals surface area contributed by atoms with Gasteiger partial charge in [0.15, 0.2) is 0 Å². The zero-order valence-corrected chi connectivity index (χ0v) is 10.0. The van der Waals surface area contributed by atoms with Crippen molar-refractivity contribution < 1.29 is 9.59 Å². The molecular weight excluding hydrogens is 232 g/mol. The van der Waals surface area contributed by atoms with E-state index in [4.69, 9.17) is 16.7 Å². The topological polar surface area (TPSA) is 113 Å². The van der Waals surface area contributed by atoms with Crippen molar-refractivity contribution >= 4 is 17.5 Å². The fourth-order valence-corrected chi connectivity index (χ4v) is 1.76. The first-order valence-corrected chi connectivity index (χ1v) is 5.27. The van der Waals surface area contributed by atoms with Gasteiger partial charge in [0, 0.05) is 0 Å². The summed E-state index contributed by atoms with van der Waals surface area (Å²) in [6.07, 6.45) is 0. The Morgan fingerprint density at radius 3 is 2.28 bits per heavy atom. The molecule has 0 aliphatic carbocycles. The van der Waals surface area contributed by atoms with Crippen LogP contribution in [0.15, 0.2) is 18.2 Å². The molecule has 0 aromatic heterocycles. The lowest BCUT2D eigenvalue weighted by Gasteiger charge is -2.24. The molecule has 0 atom stereocenters. The molecule has 1 rings (SSSR count). The molecule has 1 aromatic rings. The lowest BCUT2D eigenvalue weighted by atomic mass is 10.1. The normalized spacial score (nSPS) is 9.56. The van der Waals surface area contributed by atoms with Gasteiger partial charge in [0.1, 0.15) is 6.07 Å². The monoisotopic (exact) mass is 246 g/mol. The molecule has 0 saturated heterocycles. The predicted molar refractivity (Wildman–Crippen MR) is 66.5 cm³/mol. The standard InChI is InChI=1S/C12H14N4O2/c1-8-3-2-4-9(5-13)12(8)16(6-10(14)17)7-11(15)18/h2-4H,6-7H2,1H3,(H2,14,17)(H2,15,18). The van der Waals surface area contributed by atoms with Crippen LogP contribution < -0.4 is 16.4 Å². The van der Waals surface area contributed by atoms with E-state index < -0.39 is 11.8 Å². The minimum Gasteiger partial charge on any atom is -0.368 e. The molecule has 0 bridgehead atoms. The number of primary amides is 2. The number of rotatable bonds is 5. The minimum absolute atomic E-state index is 0.164. The molecule has 6 heteroatoms. The van der Waals surface area contributed by atoms with E-state index in [0.717, 1.165) is 5.56 Å². The average molecular weight is 246 g/mol. The molecule has 0 aliphatic heterocycles. The SMILES string of the molecule is Cc1cccc(C#N)c1N(CC(N)=O)CC(N)=O. The van der Waals surface area contributed by atoms with Gasteiger partial charge in [-0.3, -0.25) is 9.59 Å². The summed E-state index contributed by atoms with van der Waals surface area (Å²) in [4.78, 5) is 23.5. The van der Waals surface area contributed by atoms with Crippen molar-refractivity contribution in [2.45, 2.75) is 6.92 Å². The minimum atomic E-state index is -0.594. The molecule has 0 saturated carbocycles. The van der Waals surface area contributed by atoms with Crippen molar-refractivity contribution in [3.05, 3.63) is 29.3 Å². The highest BCUT2D eigenvalue weighted by molar-refractivity contribution is 5.86. The first-order chi connectivity index (χ1) is 8.45. The summed E-state index contributed by atoms with van der Waals surface area (Å²) in [6, 6.07) is 7.14. The van der Waals surface area contributed by atoms with Gasteiger partial charge in [0.25, 0.3) is 0 Å². The molecule has 94 valence electrons. The van der Waals surface area contributed by atoms with E-state index in [0.29, 0.717) is 11.3 Å². The number of nitriles is 1. The van der Waals surface area contributed by atoms with E-state index in [2.05, 4.69) is 0 Å². The lowest BCUT2D eigenvalue weighted by molar-refractivity contribution is -0.117. The number of anilines is 1. The van der Waals surface area contributed by atoms with Gasteiger partial charge < -0.3 is 16.4 Å². The van der Waals surface area contributed by atoms with Crippen LogP contribution in [0.3, 0.4) is 0 Å². The van der Waals surface area contributed by atoms with Gasteiger partial charge in [-0.15, -0.1) is 0 Å². The molecule has 0 fully saturated rings. The fourth-order valence-electron chi connectivity index (χ4n) is 1.76. The van der Waals surface area contributed by atoms with Crippen LogP contribution in [-0.4, -0.2) is 24.9 Å². The van der Waals surface area contributed by atoms with E-state index in [1.165, 1.54) is 4.90 Å². The summed E-state index contributed by atoms with van der Waals surface area (Å²) in [5.41, 5.74) is 11.9. The van der Waals surface area contributed by atoms with Crippen LogP contribution in [0.2, 0.25) is 0 Å². The number of para-hydroxylation sites is 1. The number of carbonyl (C=O) groups excluding carboxylic acids is 2. The number of nitrogens with zero attached hydrogens (tertiary/aromatic N) is 2. The van der Waals surface area contributed by atoms with E-state index in [9.17, 15) is 9.59 Å². The van der Waals surface area contributed by atoms with E-state index in [1.807, 2.05) is 6.07 Å². The Morgan fingerprint density at radius 1 is 1.28 bits per heavy atom. The number of nitrogens with two attached hydrogens (primary N) is 2. The lowest BCUT2D eigenvalue weighted by Crippen LogP contribution is -2.40. The van der Waals surface area contributed by atoms with Crippen molar-refractivity contribution in [1.29, 1.82) is 5.26 Å². The van der Waals surface area contributed by atoms with Crippen LogP contribution >= 0.6 is 0 Å². The number of carbonyl (C=O) groups is 2. The molecule has 18 heavy (non-hydrogen) atoms. The van der Waals surface area contributed by atoms with Crippen molar-refractivity contribution in [2.24, 2.45) is 11.5 Å². The van der Waals surface area contributed by atoms with Gasteiger partial charge in [-0.25, -0.2) is 0 Å². The highest BCUT2D eigenvalue weighted by Crippen LogP contribution is 2.24. The van der Waals surface area contributed by atoms with Crippen LogP contribution in [0.4, 0.5) is 5.69 Å². The second kappa shape index (κ2) is 5.68. The Hall–Kier alpha value is -2.55. The Morgan fingerprint density at radius 2 is 1.83 bits per heavy atom. The summed E-state index contributed by atoms with van der Waals surface area (Å²) >= 11 is 0. The van der Waals surface area contributed by atoms with Crippen molar-refractivity contribution in [2.75, 3.05) is 18.0 Å². The Labute approximate surface area is 105 Å². The van der Waals surface area contributed by atoms with Gasteiger partial charge >= 0.3 is 0 Å². The van der Waals surface area contributed by atoms with Crippen LogP contribution in [0.5, 0.6) is 0 Å². The van der Waals surface area contributed by atoms with Crippen molar-refractivity contribution in [3.8, 4) is 6.07 Å². The molecule has 1 aromatic carbocycles. The van der Waals surface area contributed by atoms with E-state index in [1.54, 1.807) is 25.1 Å². The first kappa shape index (κ1) is 13.5. The second-order valence-electron chi connectivity index (χ2n) is 3.87. The number of benzene rings is 1. The molecule has 0 heterocycles. The summed E-state index contributed by atoms with van der Waals surface area (Å²) in [5, 5.41) is 9.05. The highest BCUT2D eigenvalue weighted by atomic mass is 16.2. The maximum Gasteiger partial charge on any atom is 0.236 e. The molecule has 0 aliphatic rings. The Kier molecular flexibility index (Phi) is 4.27. The number of hydrogen-bond donors (Lipinski definition) is 2. The second-order valence-corrected chi connectivity index (χ2v) is 3.87. The van der Waals surface area contributed by atoms with Gasteiger partial charge in [-0.05, 0) is 18.6 Å². The average Bonchev–Trinajstić information content (AvgIpc) is 2.26. The summed E-state index contributed by atoms with van der Waals surface area (Å²) in [7, 11) is 0. The first-order valence-electron chi connectivity index (χ1n) is 5.27. The largest absolute Gasteiger partial charge is 0.368 e. The van der Waals surface area contributed by atoms with E-state index >= 15 is 0 Å². The van der Waals surface area contributed by atoms with Crippen LogP contribution in [0, 0.1) is 18.3 Å². The molecular formula is C12H14N4O2. The smallest absolute Gasteiger partial charge is 0.236 e. The predicted octanol–water partition coefficient (Wildman–Crippen LogP) is -0.356. The third kappa shape index (κ3) is 3.22. The molecule has 0 unspecified atom stereocenters. The molecule has 2 amide bonds. The summed E-state index contributed by atoms with van der Waals surface area (Å²) in [5.74, 6) is -1.19. The molecule has 0 spiro atoms. The molecule has 0 radical (unpaired) electrons. The molecule has 6 nitrogen and oxygen atoms in total. The summed E-state index contributed by atoms with van der Waals surface area (Å²) < 4.78 is 0. The van der Waals surface area contributed by atoms with Gasteiger partial charge in [0.2, 0.25) is 11.8 Å². The Bertz CT molecular complexity index is 503. The summed E-state index contributed by atoms with van der Waals surface area (Å²) in [6.45, 7) is 1.45. The number of hydrogen-bond acceptors (Lipinski definition) is 4.